The smallest absolute Gasteiger partial charge is 0.264 e. The number of methoxy groups -OCH3 is 1. The van der Waals surface area contributed by atoms with E-state index in [1.807, 2.05) is 26.0 Å². The summed E-state index contributed by atoms with van der Waals surface area (Å²) in [6.45, 7) is 3.94. The van der Waals surface area contributed by atoms with Crippen molar-refractivity contribution in [2.45, 2.75) is 50.6 Å². The van der Waals surface area contributed by atoms with Gasteiger partial charge in [-0.25, -0.2) is 8.42 Å². The number of anilines is 1. The van der Waals surface area contributed by atoms with Gasteiger partial charge < -0.3 is 15.0 Å². The average Bonchev–Trinajstić information content (AvgIpc) is 2.96. The molecule has 0 unspecified atom stereocenters. The fraction of sp³-hybridized carbons (Fsp3) is 0.333. The van der Waals surface area contributed by atoms with Crippen LogP contribution in [0.15, 0.2) is 83.8 Å². The van der Waals surface area contributed by atoms with Crippen molar-refractivity contribution < 1.29 is 22.7 Å². The number of ether oxygens (including phenoxy) is 1. The molecule has 0 saturated heterocycles. The zero-order chi connectivity index (χ0) is 29.1. The van der Waals surface area contributed by atoms with Gasteiger partial charge in [0.05, 0.1) is 17.7 Å². The van der Waals surface area contributed by atoms with Crippen LogP contribution in [-0.2, 0) is 26.2 Å². The summed E-state index contributed by atoms with van der Waals surface area (Å²) in [5.41, 5.74) is 1.02. The third-order valence-corrected chi connectivity index (χ3v) is 8.46. The normalized spacial score (nSPS) is 11.9. The molecule has 0 radical (unpaired) electrons. The molecule has 2 amide bonds. The van der Waals surface area contributed by atoms with E-state index in [1.165, 1.54) is 23.1 Å². The van der Waals surface area contributed by atoms with Crippen LogP contribution in [0.4, 0.5) is 5.69 Å². The van der Waals surface area contributed by atoms with Crippen molar-refractivity contribution in [2.24, 2.45) is 0 Å². The number of sulfonamides is 1. The molecule has 40 heavy (non-hydrogen) atoms. The van der Waals surface area contributed by atoms with Crippen molar-refractivity contribution >= 4 is 39.1 Å². The number of unbranched alkanes of at least 4 members (excludes halogenated alkanes) is 1. The monoisotopic (exact) mass is 585 g/mol. The van der Waals surface area contributed by atoms with Crippen LogP contribution in [0.2, 0.25) is 5.02 Å². The highest BCUT2D eigenvalue weighted by atomic mass is 35.5. The minimum Gasteiger partial charge on any atom is -0.497 e. The molecule has 0 aromatic heterocycles. The summed E-state index contributed by atoms with van der Waals surface area (Å²) in [6, 6.07) is 20.6. The Kier molecular flexibility index (Phi) is 11.4. The molecular weight excluding hydrogens is 550 g/mol. The number of rotatable bonds is 14. The van der Waals surface area contributed by atoms with E-state index in [2.05, 4.69) is 5.32 Å². The van der Waals surface area contributed by atoms with Gasteiger partial charge >= 0.3 is 0 Å². The van der Waals surface area contributed by atoms with E-state index in [4.69, 9.17) is 16.3 Å². The Morgan fingerprint density at radius 2 is 1.68 bits per heavy atom. The molecule has 0 saturated carbocycles. The van der Waals surface area contributed by atoms with E-state index in [9.17, 15) is 18.0 Å². The lowest BCUT2D eigenvalue weighted by Gasteiger charge is -2.33. The van der Waals surface area contributed by atoms with Gasteiger partial charge in [0, 0.05) is 18.1 Å². The summed E-state index contributed by atoms with van der Waals surface area (Å²) in [7, 11) is -2.58. The predicted molar refractivity (Wildman–Crippen MR) is 158 cm³/mol. The Hall–Kier alpha value is -3.56. The lowest BCUT2D eigenvalue weighted by Crippen LogP contribution is -2.52. The van der Waals surface area contributed by atoms with Crippen LogP contribution >= 0.6 is 11.6 Å². The molecule has 0 aliphatic heterocycles. The number of hydrogen-bond donors (Lipinski definition) is 1. The molecule has 10 heteroatoms. The second-order valence-electron chi connectivity index (χ2n) is 9.24. The quantitative estimate of drug-likeness (QED) is 0.260. The number of nitrogens with one attached hydrogen (secondary N) is 1. The standard InChI is InChI=1S/C30H36ClN3O5S/c1-4-6-19-32-30(36)28(5-2)33(21-23-15-17-26(39-3)18-16-23)29(35)22-34(25-12-10-11-24(31)20-25)40(37,38)27-13-8-7-9-14-27/h7-18,20,28H,4-6,19,21-22H2,1-3H3,(H,32,36)/t28-/m0/s1. The fourth-order valence-corrected chi connectivity index (χ4v) is 5.84. The molecule has 3 aromatic rings. The van der Waals surface area contributed by atoms with E-state index in [-0.39, 0.29) is 23.0 Å². The summed E-state index contributed by atoms with van der Waals surface area (Å²) in [5, 5.41) is 3.25. The van der Waals surface area contributed by atoms with Crippen LogP contribution in [0.3, 0.4) is 0 Å². The van der Waals surface area contributed by atoms with Gasteiger partial charge in [-0.3, -0.25) is 13.9 Å². The number of nitrogens with zero attached hydrogens (tertiary/aromatic N) is 2. The highest BCUT2D eigenvalue weighted by molar-refractivity contribution is 7.92. The number of hydrogen-bond acceptors (Lipinski definition) is 5. The maximum atomic E-state index is 14.0. The number of carbonyl (C=O) groups excluding carboxylic acids is 2. The van der Waals surface area contributed by atoms with Crippen LogP contribution in [0, 0.1) is 0 Å². The second kappa shape index (κ2) is 14.7. The molecule has 1 atom stereocenters. The highest BCUT2D eigenvalue weighted by Crippen LogP contribution is 2.27. The Balaban J connectivity index is 2.02. The van der Waals surface area contributed by atoms with Crippen LogP contribution in [0.5, 0.6) is 5.75 Å². The molecular formula is C30H36ClN3O5S. The lowest BCUT2D eigenvalue weighted by molar-refractivity contribution is -0.140. The molecule has 8 nitrogen and oxygen atoms in total. The molecule has 0 heterocycles. The first-order chi connectivity index (χ1) is 19.2. The van der Waals surface area contributed by atoms with Crippen LogP contribution < -0.4 is 14.4 Å². The summed E-state index contributed by atoms with van der Waals surface area (Å²) in [5.74, 6) is -0.141. The van der Waals surface area contributed by atoms with Crippen molar-refractivity contribution in [1.82, 2.24) is 10.2 Å². The van der Waals surface area contributed by atoms with E-state index in [1.54, 1.807) is 55.6 Å². The zero-order valence-electron chi connectivity index (χ0n) is 23.0. The average molecular weight is 586 g/mol. The van der Waals surface area contributed by atoms with E-state index < -0.39 is 28.5 Å². The molecule has 3 aromatic carbocycles. The van der Waals surface area contributed by atoms with Gasteiger partial charge in [0.15, 0.2) is 0 Å². The second-order valence-corrected chi connectivity index (χ2v) is 11.5. The summed E-state index contributed by atoms with van der Waals surface area (Å²) < 4.78 is 33.9. The minimum absolute atomic E-state index is 0.0360. The Morgan fingerprint density at radius 1 is 0.975 bits per heavy atom. The van der Waals surface area contributed by atoms with Gasteiger partial charge in [0.25, 0.3) is 10.0 Å². The topological polar surface area (TPSA) is 96.0 Å². The largest absolute Gasteiger partial charge is 0.497 e. The van der Waals surface area contributed by atoms with Gasteiger partial charge in [0.1, 0.15) is 18.3 Å². The lowest BCUT2D eigenvalue weighted by atomic mass is 10.1. The first-order valence-electron chi connectivity index (χ1n) is 13.2. The molecule has 0 spiro atoms. The van der Waals surface area contributed by atoms with E-state index >= 15 is 0 Å². The van der Waals surface area contributed by atoms with Crippen LogP contribution in [0.1, 0.15) is 38.7 Å². The molecule has 0 bridgehead atoms. The molecule has 3 rings (SSSR count). The van der Waals surface area contributed by atoms with Crippen molar-refractivity contribution in [3.63, 3.8) is 0 Å². The molecule has 0 aliphatic rings. The van der Waals surface area contributed by atoms with Gasteiger partial charge in [-0.2, -0.15) is 0 Å². The van der Waals surface area contributed by atoms with E-state index in [0.29, 0.717) is 23.7 Å². The number of amides is 2. The minimum atomic E-state index is -4.14. The zero-order valence-corrected chi connectivity index (χ0v) is 24.6. The van der Waals surface area contributed by atoms with E-state index in [0.717, 1.165) is 22.7 Å². The number of carbonyl (C=O) groups is 2. The third kappa shape index (κ3) is 7.99. The summed E-state index contributed by atoms with van der Waals surface area (Å²) in [6.07, 6.45) is 2.08. The Labute approximate surface area is 241 Å². The number of benzene rings is 3. The molecule has 1 N–H and O–H groups in total. The Morgan fingerprint density at radius 3 is 2.27 bits per heavy atom. The van der Waals surface area contributed by atoms with Crippen molar-refractivity contribution in [3.05, 3.63) is 89.4 Å². The fourth-order valence-electron chi connectivity index (χ4n) is 4.23. The molecule has 214 valence electrons. The van der Waals surface area contributed by atoms with Gasteiger partial charge in [0.2, 0.25) is 11.8 Å². The van der Waals surface area contributed by atoms with Crippen molar-refractivity contribution in [3.8, 4) is 5.75 Å². The van der Waals surface area contributed by atoms with Gasteiger partial charge in [-0.15, -0.1) is 0 Å². The van der Waals surface area contributed by atoms with Gasteiger partial charge in [-0.05, 0) is 60.9 Å². The first-order valence-corrected chi connectivity index (χ1v) is 15.1. The SMILES string of the molecule is CCCCNC(=O)[C@H](CC)N(Cc1ccc(OC)cc1)C(=O)CN(c1cccc(Cl)c1)S(=O)(=O)c1ccccc1. The highest BCUT2D eigenvalue weighted by Gasteiger charge is 2.33. The van der Waals surface area contributed by atoms with Crippen LogP contribution in [-0.4, -0.2) is 51.4 Å². The first kappa shape index (κ1) is 31.0. The predicted octanol–water partition coefficient (Wildman–Crippen LogP) is 5.27. The molecule has 0 aliphatic carbocycles. The maximum Gasteiger partial charge on any atom is 0.264 e. The van der Waals surface area contributed by atoms with Crippen molar-refractivity contribution in [1.29, 1.82) is 0 Å². The van der Waals surface area contributed by atoms with Gasteiger partial charge in [-0.1, -0.05) is 68.3 Å². The third-order valence-electron chi connectivity index (χ3n) is 6.43. The summed E-state index contributed by atoms with van der Waals surface area (Å²) in [4.78, 5) is 28.7. The molecule has 0 fully saturated rings. The number of halogens is 1. The van der Waals surface area contributed by atoms with Crippen molar-refractivity contribution in [2.75, 3.05) is 24.5 Å². The van der Waals surface area contributed by atoms with Crippen LogP contribution in [0.25, 0.3) is 0 Å². The summed E-state index contributed by atoms with van der Waals surface area (Å²) >= 11 is 6.21. The maximum absolute atomic E-state index is 14.0. The Bertz CT molecular complexity index is 1370.